The highest BCUT2D eigenvalue weighted by Crippen LogP contribution is 2.08. The summed E-state index contributed by atoms with van der Waals surface area (Å²) in [5.74, 6) is -0.0234. The molecule has 0 aliphatic heterocycles. The molecule has 0 atom stereocenters. The number of hydrogen-bond acceptors (Lipinski definition) is 3. The molecule has 0 aliphatic rings. The van der Waals surface area contributed by atoms with Crippen molar-refractivity contribution in [3.05, 3.63) is 48.3 Å². The number of aromatic nitrogens is 2. The number of hydrogen-bond donors (Lipinski definition) is 2. The molecule has 0 aliphatic carbocycles. The predicted molar refractivity (Wildman–Crippen MR) is 81.9 cm³/mol. The highest BCUT2D eigenvalue weighted by molar-refractivity contribution is 5.90. The van der Waals surface area contributed by atoms with Crippen LogP contribution in [0.3, 0.4) is 0 Å². The van der Waals surface area contributed by atoms with E-state index in [1.54, 1.807) is 10.9 Å². The van der Waals surface area contributed by atoms with Gasteiger partial charge in [0.2, 0.25) is 5.91 Å². The maximum absolute atomic E-state index is 11.5. The van der Waals surface area contributed by atoms with Gasteiger partial charge < -0.3 is 11.1 Å². The molecule has 2 aromatic rings. The molecule has 0 radical (unpaired) electrons. The van der Waals surface area contributed by atoms with E-state index in [4.69, 9.17) is 5.73 Å². The van der Waals surface area contributed by atoms with Crippen molar-refractivity contribution >= 4 is 24.0 Å². The Balaban J connectivity index is 0.00000200. The molecule has 1 amide bonds. The average molecular weight is 295 g/mol. The van der Waals surface area contributed by atoms with Crippen LogP contribution >= 0.6 is 12.4 Å². The van der Waals surface area contributed by atoms with Gasteiger partial charge in [-0.05, 0) is 18.5 Å². The summed E-state index contributed by atoms with van der Waals surface area (Å²) in [5.41, 5.74) is 7.26. The van der Waals surface area contributed by atoms with Crippen molar-refractivity contribution in [3.8, 4) is 0 Å². The fourth-order valence-electron chi connectivity index (χ4n) is 1.77. The summed E-state index contributed by atoms with van der Waals surface area (Å²) in [6, 6.07) is 10.1. The van der Waals surface area contributed by atoms with Gasteiger partial charge in [-0.3, -0.25) is 9.48 Å². The fourth-order valence-corrected chi connectivity index (χ4v) is 1.77. The first-order chi connectivity index (χ1) is 9.28. The molecule has 0 saturated carbocycles. The zero-order chi connectivity index (χ0) is 13.5. The second kappa shape index (κ2) is 8.35. The van der Waals surface area contributed by atoms with Crippen LogP contribution in [0.4, 0.5) is 5.69 Å². The summed E-state index contributed by atoms with van der Waals surface area (Å²) in [6.45, 7) is 1.22. The summed E-state index contributed by atoms with van der Waals surface area (Å²) >= 11 is 0. The molecule has 2 rings (SSSR count). The molecule has 0 spiro atoms. The van der Waals surface area contributed by atoms with Gasteiger partial charge in [0.05, 0.1) is 18.4 Å². The number of nitrogens with zero attached hydrogens (tertiary/aromatic N) is 2. The second-order valence-corrected chi connectivity index (χ2v) is 4.35. The Morgan fingerprint density at radius 1 is 1.30 bits per heavy atom. The van der Waals surface area contributed by atoms with Gasteiger partial charge in [-0.1, -0.05) is 30.3 Å². The van der Waals surface area contributed by atoms with Crippen LogP contribution in [0.15, 0.2) is 42.7 Å². The lowest BCUT2D eigenvalue weighted by atomic mass is 10.2. The molecule has 5 nitrogen and oxygen atoms in total. The Hall–Kier alpha value is -1.85. The summed E-state index contributed by atoms with van der Waals surface area (Å²) < 4.78 is 1.80. The van der Waals surface area contributed by atoms with E-state index in [9.17, 15) is 4.79 Å². The molecule has 1 heterocycles. The Labute approximate surface area is 124 Å². The molecule has 3 N–H and O–H groups in total. The summed E-state index contributed by atoms with van der Waals surface area (Å²) in [4.78, 5) is 11.5. The average Bonchev–Trinajstić information content (AvgIpc) is 2.85. The van der Waals surface area contributed by atoms with Crippen LogP contribution in [0, 0.1) is 0 Å². The quantitative estimate of drug-likeness (QED) is 0.856. The maximum Gasteiger partial charge on any atom is 0.224 e. The van der Waals surface area contributed by atoms with Gasteiger partial charge in [-0.25, -0.2) is 0 Å². The smallest absolute Gasteiger partial charge is 0.224 e. The zero-order valence-corrected chi connectivity index (χ0v) is 12.0. The third-order valence-corrected chi connectivity index (χ3v) is 2.71. The largest absolute Gasteiger partial charge is 0.330 e. The van der Waals surface area contributed by atoms with E-state index in [1.165, 1.54) is 5.56 Å². The van der Waals surface area contributed by atoms with Crippen molar-refractivity contribution < 1.29 is 4.79 Å². The summed E-state index contributed by atoms with van der Waals surface area (Å²) in [7, 11) is 0. The number of carbonyl (C=O) groups excluding carboxylic acids is 1. The Bertz CT molecular complexity index is 527. The molecular formula is C14H19ClN4O. The first kappa shape index (κ1) is 16.2. The summed E-state index contributed by atoms with van der Waals surface area (Å²) in [5, 5.41) is 7.03. The lowest BCUT2D eigenvalue weighted by molar-refractivity contribution is -0.116. The van der Waals surface area contributed by atoms with Gasteiger partial charge in [0, 0.05) is 12.6 Å². The van der Waals surface area contributed by atoms with Crippen LogP contribution in [0.2, 0.25) is 0 Å². The number of benzene rings is 1. The van der Waals surface area contributed by atoms with Crippen LogP contribution in [-0.4, -0.2) is 22.2 Å². The molecule has 1 aromatic carbocycles. The van der Waals surface area contributed by atoms with Gasteiger partial charge >= 0.3 is 0 Å². The topological polar surface area (TPSA) is 72.9 Å². The number of amides is 1. The standard InChI is InChI=1S/C14H18N4O.ClH/c15-8-4-7-14(19)17-13-9-16-18(11-13)10-12-5-2-1-3-6-12;/h1-3,5-6,9,11H,4,7-8,10,15H2,(H,17,19);1H. The first-order valence-corrected chi connectivity index (χ1v) is 6.34. The van der Waals surface area contributed by atoms with Gasteiger partial charge in [-0.2, -0.15) is 5.10 Å². The number of nitrogens with two attached hydrogens (primary N) is 1. The maximum atomic E-state index is 11.5. The van der Waals surface area contributed by atoms with Gasteiger partial charge in [-0.15, -0.1) is 12.4 Å². The van der Waals surface area contributed by atoms with Crippen LogP contribution in [-0.2, 0) is 11.3 Å². The highest BCUT2D eigenvalue weighted by Gasteiger charge is 2.04. The van der Waals surface area contributed by atoms with E-state index in [0.29, 0.717) is 25.9 Å². The SMILES string of the molecule is Cl.NCCCC(=O)Nc1cnn(Cc2ccccc2)c1. The van der Waals surface area contributed by atoms with E-state index in [0.717, 1.165) is 5.69 Å². The fraction of sp³-hybridized carbons (Fsp3) is 0.286. The minimum Gasteiger partial charge on any atom is -0.330 e. The highest BCUT2D eigenvalue weighted by atomic mass is 35.5. The van der Waals surface area contributed by atoms with Gasteiger partial charge in [0.25, 0.3) is 0 Å². The van der Waals surface area contributed by atoms with Crippen molar-refractivity contribution in [3.63, 3.8) is 0 Å². The lowest BCUT2D eigenvalue weighted by Gasteiger charge is -2.02. The van der Waals surface area contributed by atoms with Crippen LogP contribution in [0.5, 0.6) is 0 Å². The molecule has 0 fully saturated rings. The number of anilines is 1. The summed E-state index contributed by atoms with van der Waals surface area (Å²) in [6.07, 6.45) is 4.63. The Kier molecular flexibility index (Phi) is 6.76. The molecule has 0 bridgehead atoms. The van der Waals surface area contributed by atoms with Crippen molar-refractivity contribution in [1.29, 1.82) is 0 Å². The number of nitrogens with one attached hydrogen (secondary N) is 1. The molecule has 0 saturated heterocycles. The molecule has 20 heavy (non-hydrogen) atoms. The van der Waals surface area contributed by atoms with E-state index in [1.807, 2.05) is 36.5 Å². The monoisotopic (exact) mass is 294 g/mol. The Morgan fingerprint density at radius 2 is 2.05 bits per heavy atom. The third-order valence-electron chi connectivity index (χ3n) is 2.71. The molecule has 108 valence electrons. The van der Waals surface area contributed by atoms with Crippen molar-refractivity contribution in [1.82, 2.24) is 9.78 Å². The van der Waals surface area contributed by atoms with Crippen LogP contribution in [0.25, 0.3) is 0 Å². The molecule has 6 heteroatoms. The lowest BCUT2D eigenvalue weighted by Crippen LogP contribution is -2.13. The molecular weight excluding hydrogens is 276 g/mol. The van der Waals surface area contributed by atoms with Crippen LogP contribution in [0.1, 0.15) is 18.4 Å². The molecule has 0 unspecified atom stereocenters. The predicted octanol–water partition coefficient (Wildman–Crippen LogP) is 2.03. The van der Waals surface area contributed by atoms with Crippen molar-refractivity contribution in [2.24, 2.45) is 5.73 Å². The zero-order valence-electron chi connectivity index (χ0n) is 11.2. The second-order valence-electron chi connectivity index (χ2n) is 4.35. The van der Waals surface area contributed by atoms with Gasteiger partial charge in [0.1, 0.15) is 0 Å². The number of halogens is 1. The van der Waals surface area contributed by atoms with E-state index < -0.39 is 0 Å². The molecule has 1 aromatic heterocycles. The first-order valence-electron chi connectivity index (χ1n) is 6.34. The van der Waals surface area contributed by atoms with Gasteiger partial charge in [0.15, 0.2) is 0 Å². The van der Waals surface area contributed by atoms with Crippen molar-refractivity contribution in [2.45, 2.75) is 19.4 Å². The number of rotatable bonds is 6. The van der Waals surface area contributed by atoms with E-state index >= 15 is 0 Å². The van der Waals surface area contributed by atoms with Crippen LogP contribution < -0.4 is 11.1 Å². The van der Waals surface area contributed by atoms with E-state index in [-0.39, 0.29) is 18.3 Å². The minimum absolute atomic E-state index is 0. The number of carbonyl (C=O) groups is 1. The third kappa shape index (κ3) is 5.03. The normalized spacial score (nSPS) is 9.85. The van der Waals surface area contributed by atoms with E-state index in [2.05, 4.69) is 10.4 Å². The van der Waals surface area contributed by atoms with Crippen molar-refractivity contribution in [2.75, 3.05) is 11.9 Å². The minimum atomic E-state index is -0.0234. The Morgan fingerprint density at radius 3 is 2.75 bits per heavy atom.